The zero-order chi connectivity index (χ0) is 10.7. The van der Waals surface area contributed by atoms with Crippen LogP contribution in [0.5, 0.6) is 0 Å². The Bertz CT molecular complexity index is 310. The molecule has 3 nitrogen and oxygen atoms in total. The van der Waals surface area contributed by atoms with Crippen LogP contribution in [0.3, 0.4) is 0 Å². The lowest BCUT2D eigenvalue weighted by atomic mass is 9.87. The van der Waals surface area contributed by atoms with E-state index in [0.717, 1.165) is 18.6 Å². The third kappa shape index (κ3) is 2.41. The maximum Gasteiger partial charge on any atom is 0.307 e. The summed E-state index contributed by atoms with van der Waals surface area (Å²) in [5, 5.41) is 9.19. The lowest BCUT2D eigenvalue weighted by molar-refractivity contribution is -0.143. The highest BCUT2D eigenvalue weighted by Crippen LogP contribution is 2.33. The molecule has 3 heteroatoms. The lowest BCUT2D eigenvalue weighted by Gasteiger charge is -2.17. The van der Waals surface area contributed by atoms with Crippen LogP contribution in [-0.2, 0) is 11.2 Å². The van der Waals surface area contributed by atoms with Gasteiger partial charge in [0.1, 0.15) is 5.76 Å². The van der Waals surface area contributed by atoms with Crippen LogP contribution >= 0.6 is 0 Å². The number of carboxylic acid groups (broad SMARTS) is 1. The summed E-state index contributed by atoms with van der Waals surface area (Å²) in [4.78, 5) is 11.2. The van der Waals surface area contributed by atoms with E-state index in [1.165, 1.54) is 12.8 Å². The van der Waals surface area contributed by atoms with E-state index < -0.39 is 5.97 Å². The summed E-state index contributed by atoms with van der Waals surface area (Å²) < 4.78 is 5.21. The van der Waals surface area contributed by atoms with E-state index in [1.54, 1.807) is 6.26 Å². The summed E-state index contributed by atoms with van der Waals surface area (Å²) >= 11 is 0. The van der Waals surface area contributed by atoms with Crippen molar-refractivity contribution in [1.29, 1.82) is 0 Å². The van der Waals surface area contributed by atoms with E-state index in [1.807, 2.05) is 12.1 Å². The van der Waals surface area contributed by atoms with Crippen LogP contribution in [0.1, 0.15) is 31.4 Å². The molecule has 0 aromatic carbocycles. The summed E-state index contributed by atoms with van der Waals surface area (Å²) in [6.45, 7) is 0. The number of aliphatic carboxylic acids is 1. The molecule has 82 valence electrons. The molecular weight excluding hydrogens is 192 g/mol. The Morgan fingerprint density at radius 3 is 2.80 bits per heavy atom. The highest BCUT2D eigenvalue weighted by molar-refractivity contribution is 5.70. The van der Waals surface area contributed by atoms with Crippen molar-refractivity contribution in [1.82, 2.24) is 0 Å². The van der Waals surface area contributed by atoms with Crippen molar-refractivity contribution in [2.45, 2.75) is 32.1 Å². The molecule has 1 atom stereocenters. The van der Waals surface area contributed by atoms with Gasteiger partial charge in [0, 0.05) is 6.42 Å². The second-order valence-electron chi connectivity index (χ2n) is 4.27. The summed E-state index contributed by atoms with van der Waals surface area (Å²) in [6.07, 6.45) is 6.59. The Balaban J connectivity index is 2.03. The average Bonchev–Trinajstić information content (AvgIpc) is 2.87. The molecule has 1 fully saturated rings. The standard InChI is InChI=1S/C12H16O3/c13-12(14)11(9-4-1-2-5-9)8-10-6-3-7-15-10/h3,6-7,9,11H,1-2,4-5,8H2,(H,13,14). The Morgan fingerprint density at radius 1 is 1.53 bits per heavy atom. The molecule has 1 aromatic rings. The summed E-state index contributed by atoms with van der Waals surface area (Å²) in [7, 11) is 0. The number of furan rings is 1. The number of rotatable bonds is 4. The van der Waals surface area contributed by atoms with Crippen molar-refractivity contribution in [3.63, 3.8) is 0 Å². The number of hydrogen-bond donors (Lipinski definition) is 1. The third-order valence-electron chi connectivity index (χ3n) is 3.29. The Kier molecular flexibility index (Phi) is 3.09. The molecular formula is C12H16O3. The zero-order valence-corrected chi connectivity index (χ0v) is 8.69. The van der Waals surface area contributed by atoms with Crippen LogP contribution in [0, 0.1) is 11.8 Å². The predicted octanol–water partition coefficient (Wildman–Crippen LogP) is 2.71. The zero-order valence-electron chi connectivity index (χ0n) is 8.69. The van der Waals surface area contributed by atoms with Crippen LogP contribution in [0.25, 0.3) is 0 Å². The maximum absolute atomic E-state index is 11.2. The molecule has 0 radical (unpaired) electrons. The van der Waals surface area contributed by atoms with Crippen LogP contribution < -0.4 is 0 Å². The first-order valence-corrected chi connectivity index (χ1v) is 5.52. The minimum Gasteiger partial charge on any atom is -0.481 e. The molecule has 2 rings (SSSR count). The van der Waals surface area contributed by atoms with Crippen molar-refractivity contribution in [2.75, 3.05) is 0 Å². The highest BCUT2D eigenvalue weighted by atomic mass is 16.4. The van der Waals surface area contributed by atoms with Gasteiger partial charge in [-0.3, -0.25) is 4.79 Å². The number of carbonyl (C=O) groups is 1. The molecule has 0 amide bonds. The van der Waals surface area contributed by atoms with Gasteiger partial charge in [0.2, 0.25) is 0 Å². The highest BCUT2D eigenvalue weighted by Gasteiger charge is 2.31. The van der Waals surface area contributed by atoms with Gasteiger partial charge in [-0.25, -0.2) is 0 Å². The van der Waals surface area contributed by atoms with Gasteiger partial charge in [0.25, 0.3) is 0 Å². The molecule has 1 saturated carbocycles. The monoisotopic (exact) mass is 208 g/mol. The van der Waals surface area contributed by atoms with Crippen molar-refractivity contribution < 1.29 is 14.3 Å². The molecule has 1 unspecified atom stereocenters. The molecule has 1 heterocycles. The fraction of sp³-hybridized carbons (Fsp3) is 0.583. The van der Waals surface area contributed by atoms with Crippen molar-refractivity contribution in [2.24, 2.45) is 11.8 Å². The van der Waals surface area contributed by atoms with Crippen molar-refractivity contribution in [3.05, 3.63) is 24.2 Å². The SMILES string of the molecule is O=C(O)C(Cc1ccco1)C1CCCC1. The Labute approximate surface area is 89.1 Å². The van der Waals surface area contributed by atoms with Crippen LogP contribution in [-0.4, -0.2) is 11.1 Å². The second kappa shape index (κ2) is 4.51. The fourth-order valence-corrected chi connectivity index (χ4v) is 2.46. The first kappa shape index (κ1) is 10.3. The summed E-state index contributed by atoms with van der Waals surface area (Å²) in [5.74, 6) is 0.179. The molecule has 1 aromatic heterocycles. The average molecular weight is 208 g/mol. The Hall–Kier alpha value is -1.25. The summed E-state index contributed by atoms with van der Waals surface area (Å²) in [6, 6.07) is 3.66. The normalized spacial score (nSPS) is 19.2. The summed E-state index contributed by atoms with van der Waals surface area (Å²) in [5.41, 5.74) is 0. The molecule has 0 saturated heterocycles. The van der Waals surface area contributed by atoms with Gasteiger partial charge < -0.3 is 9.52 Å². The lowest BCUT2D eigenvalue weighted by Crippen LogP contribution is -2.23. The van der Waals surface area contributed by atoms with Gasteiger partial charge in [0.15, 0.2) is 0 Å². The third-order valence-corrected chi connectivity index (χ3v) is 3.29. The van der Waals surface area contributed by atoms with Crippen molar-refractivity contribution >= 4 is 5.97 Å². The van der Waals surface area contributed by atoms with E-state index in [2.05, 4.69) is 0 Å². The molecule has 0 bridgehead atoms. The molecule has 0 spiro atoms. The molecule has 1 N–H and O–H groups in total. The van der Waals surface area contributed by atoms with E-state index in [4.69, 9.17) is 4.42 Å². The first-order valence-electron chi connectivity index (χ1n) is 5.52. The van der Waals surface area contributed by atoms with Crippen molar-refractivity contribution in [3.8, 4) is 0 Å². The quantitative estimate of drug-likeness (QED) is 0.827. The molecule has 0 aliphatic heterocycles. The first-order chi connectivity index (χ1) is 7.27. The van der Waals surface area contributed by atoms with E-state index in [-0.39, 0.29) is 5.92 Å². The Morgan fingerprint density at radius 2 is 2.27 bits per heavy atom. The van der Waals surface area contributed by atoms with Crippen LogP contribution in [0.15, 0.2) is 22.8 Å². The van der Waals surface area contributed by atoms with Gasteiger partial charge in [-0.2, -0.15) is 0 Å². The van der Waals surface area contributed by atoms with Gasteiger partial charge in [-0.05, 0) is 30.9 Å². The largest absolute Gasteiger partial charge is 0.481 e. The van der Waals surface area contributed by atoms with Gasteiger partial charge in [0.05, 0.1) is 12.2 Å². The number of hydrogen-bond acceptors (Lipinski definition) is 2. The predicted molar refractivity (Wildman–Crippen MR) is 55.5 cm³/mol. The number of carboxylic acids is 1. The van der Waals surface area contributed by atoms with E-state index >= 15 is 0 Å². The minimum atomic E-state index is -0.682. The minimum absolute atomic E-state index is 0.265. The molecule has 1 aliphatic rings. The van der Waals surface area contributed by atoms with Crippen LogP contribution in [0.2, 0.25) is 0 Å². The second-order valence-corrected chi connectivity index (χ2v) is 4.27. The van der Waals surface area contributed by atoms with Gasteiger partial charge in [-0.1, -0.05) is 12.8 Å². The van der Waals surface area contributed by atoms with Crippen LogP contribution in [0.4, 0.5) is 0 Å². The molecule has 1 aliphatic carbocycles. The smallest absolute Gasteiger partial charge is 0.307 e. The molecule has 15 heavy (non-hydrogen) atoms. The van der Waals surface area contributed by atoms with E-state index in [9.17, 15) is 9.90 Å². The van der Waals surface area contributed by atoms with Gasteiger partial charge in [-0.15, -0.1) is 0 Å². The van der Waals surface area contributed by atoms with E-state index in [0.29, 0.717) is 12.3 Å². The maximum atomic E-state index is 11.2. The van der Waals surface area contributed by atoms with Gasteiger partial charge >= 0.3 is 5.97 Å². The fourth-order valence-electron chi connectivity index (χ4n) is 2.46. The topological polar surface area (TPSA) is 50.4 Å².